The van der Waals surface area contributed by atoms with Crippen LogP contribution in [0.5, 0.6) is 0 Å². The lowest BCUT2D eigenvalue weighted by atomic mass is 10.2. The Kier molecular flexibility index (Phi) is 3.46. The average molecular weight is 225 g/mol. The van der Waals surface area contributed by atoms with Crippen molar-refractivity contribution < 1.29 is 5.11 Å². The zero-order valence-corrected chi connectivity index (χ0v) is 9.56. The molecule has 86 valence electrons. The highest BCUT2D eigenvalue weighted by Gasteiger charge is 1.95. The Morgan fingerprint density at radius 3 is 2.35 bits per heavy atom. The second-order valence-electron chi connectivity index (χ2n) is 3.84. The summed E-state index contributed by atoms with van der Waals surface area (Å²) in [4.78, 5) is 0. The van der Waals surface area contributed by atoms with Crippen molar-refractivity contribution in [1.82, 2.24) is 5.32 Å². The van der Waals surface area contributed by atoms with Gasteiger partial charge < -0.3 is 10.4 Å². The summed E-state index contributed by atoms with van der Waals surface area (Å²) in [7, 11) is 0. The van der Waals surface area contributed by atoms with Crippen LogP contribution >= 0.6 is 0 Å². The molecule has 0 atom stereocenters. The normalized spacial score (nSPS) is 12.0. The quantitative estimate of drug-likeness (QED) is 0.830. The lowest BCUT2D eigenvalue weighted by molar-refractivity contribution is 0.456. The van der Waals surface area contributed by atoms with Crippen LogP contribution in [0.3, 0.4) is 0 Å². The van der Waals surface area contributed by atoms with E-state index in [4.69, 9.17) is 0 Å². The third kappa shape index (κ3) is 2.88. The molecular formula is C15H15NO. The van der Waals surface area contributed by atoms with Crippen LogP contribution in [-0.2, 0) is 6.54 Å². The highest BCUT2D eigenvalue weighted by Crippen LogP contribution is 1.97. The molecule has 2 aromatic rings. The molecule has 2 rings (SSSR count). The summed E-state index contributed by atoms with van der Waals surface area (Å²) in [5.41, 5.74) is 1.13. The van der Waals surface area contributed by atoms with Crippen molar-refractivity contribution in [2.75, 3.05) is 0 Å². The van der Waals surface area contributed by atoms with Crippen LogP contribution in [-0.4, -0.2) is 5.11 Å². The summed E-state index contributed by atoms with van der Waals surface area (Å²) in [5.74, 6) is 0.166. The van der Waals surface area contributed by atoms with Crippen molar-refractivity contribution in [1.29, 1.82) is 0 Å². The number of aliphatic hydroxyl groups excluding tert-OH is 1. The molecule has 0 aliphatic carbocycles. The van der Waals surface area contributed by atoms with Gasteiger partial charge in [0, 0.05) is 11.8 Å². The molecule has 0 bridgehead atoms. The SMILES string of the molecule is C=c1cccc/c1=C(/O)NCc1ccccc1. The number of hydrogen-bond acceptors (Lipinski definition) is 2. The van der Waals surface area contributed by atoms with E-state index >= 15 is 0 Å². The molecule has 0 spiro atoms. The smallest absolute Gasteiger partial charge is 0.192 e. The summed E-state index contributed by atoms with van der Waals surface area (Å²) in [6.07, 6.45) is 0. The summed E-state index contributed by atoms with van der Waals surface area (Å²) >= 11 is 0. The zero-order valence-electron chi connectivity index (χ0n) is 9.56. The summed E-state index contributed by atoms with van der Waals surface area (Å²) < 4.78 is 0. The Hall–Kier alpha value is -2.22. The van der Waals surface area contributed by atoms with Gasteiger partial charge in [-0.15, -0.1) is 0 Å². The molecule has 0 aliphatic rings. The van der Waals surface area contributed by atoms with Gasteiger partial charge in [-0.1, -0.05) is 55.1 Å². The molecule has 2 aromatic carbocycles. The molecule has 0 aromatic heterocycles. The largest absolute Gasteiger partial charge is 0.494 e. The van der Waals surface area contributed by atoms with E-state index in [-0.39, 0.29) is 5.88 Å². The summed E-state index contributed by atoms with van der Waals surface area (Å²) in [6.45, 7) is 4.47. The Balaban J connectivity index is 2.18. The van der Waals surface area contributed by atoms with Crippen molar-refractivity contribution in [2.45, 2.75) is 6.54 Å². The third-order valence-corrected chi connectivity index (χ3v) is 2.58. The first-order chi connectivity index (χ1) is 8.27. The molecule has 0 heterocycles. The van der Waals surface area contributed by atoms with Crippen LogP contribution in [0.4, 0.5) is 0 Å². The molecule has 2 N–H and O–H groups in total. The van der Waals surface area contributed by atoms with Gasteiger partial charge in [-0.3, -0.25) is 0 Å². The van der Waals surface area contributed by atoms with Crippen LogP contribution in [0.1, 0.15) is 5.56 Å². The van der Waals surface area contributed by atoms with E-state index in [0.29, 0.717) is 6.54 Å². The van der Waals surface area contributed by atoms with E-state index in [9.17, 15) is 5.11 Å². The zero-order chi connectivity index (χ0) is 12.1. The van der Waals surface area contributed by atoms with Gasteiger partial charge in [-0.05, 0) is 16.8 Å². The van der Waals surface area contributed by atoms with E-state index in [1.165, 1.54) is 0 Å². The Bertz CT molecular complexity index is 590. The van der Waals surface area contributed by atoms with Gasteiger partial charge in [0.1, 0.15) is 0 Å². The summed E-state index contributed by atoms with van der Waals surface area (Å²) in [5, 5.41) is 14.5. The Morgan fingerprint density at radius 2 is 1.65 bits per heavy atom. The second-order valence-corrected chi connectivity index (χ2v) is 3.84. The van der Waals surface area contributed by atoms with Crippen molar-refractivity contribution in [2.24, 2.45) is 0 Å². The Labute approximate surface area is 101 Å². The van der Waals surface area contributed by atoms with E-state index in [2.05, 4.69) is 11.9 Å². The van der Waals surface area contributed by atoms with E-state index in [0.717, 1.165) is 16.0 Å². The van der Waals surface area contributed by atoms with Gasteiger partial charge in [0.15, 0.2) is 5.88 Å². The molecule has 2 heteroatoms. The van der Waals surface area contributed by atoms with Gasteiger partial charge in [-0.25, -0.2) is 0 Å². The van der Waals surface area contributed by atoms with E-state index in [1.807, 2.05) is 54.6 Å². The average Bonchev–Trinajstić information content (AvgIpc) is 2.38. The molecule has 2 nitrogen and oxygen atoms in total. The molecular weight excluding hydrogens is 210 g/mol. The first-order valence-corrected chi connectivity index (χ1v) is 5.52. The lowest BCUT2D eigenvalue weighted by Crippen LogP contribution is -2.30. The Morgan fingerprint density at radius 1 is 1.00 bits per heavy atom. The van der Waals surface area contributed by atoms with Crippen LogP contribution in [0, 0.1) is 0 Å². The van der Waals surface area contributed by atoms with Gasteiger partial charge in [-0.2, -0.15) is 0 Å². The predicted molar refractivity (Wildman–Crippen MR) is 70.5 cm³/mol. The fourth-order valence-electron chi connectivity index (χ4n) is 1.63. The fourth-order valence-corrected chi connectivity index (χ4v) is 1.63. The van der Waals surface area contributed by atoms with Crippen LogP contribution in [0.15, 0.2) is 54.6 Å². The first kappa shape index (κ1) is 11.3. The maximum Gasteiger partial charge on any atom is 0.192 e. The lowest BCUT2D eigenvalue weighted by Gasteiger charge is -2.05. The predicted octanol–water partition coefficient (Wildman–Crippen LogP) is 1.51. The van der Waals surface area contributed by atoms with Gasteiger partial charge in [0.25, 0.3) is 0 Å². The monoisotopic (exact) mass is 225 g/mol. The molecule has 0 fully saturated rings. The fraction of sp³-hybridized carbons (Fsp3) is 0.0667. The van der Waals surface area contributed by atoms with Gasteiger partial charge in [0.05, 0.1) is 0 Å². The van der Waals surface area contributed by atoms with Crippen molar-refractivity contribution in [3.8, 4) is 0 Å². The van der Waals surface area contributed by atoms with E-state index < -0.39 is 0 Å². The minimum absolute atomic E-state index is 0.166. The minimum Gasteiger partial charge on any atom is -0.494 e. The molecule has 17 heavy (non-hydrogen) atoms. The summed E-state index contributed by atoms with van der Waals surface area (Å²) in [6, 6.07) is 17.4. The molecule has 0 amide bonds. The number of rotatable bonds is 3. The number of hydrogen-bond donors (Lipinski definition) is 2. The van der Waals surface area contributed by atoms with E-state index in [1.54, 1.807) is 0 Å². The minimum atomic E-state index is 0.166. The van der Waals surface area contributed by atoms with Crippen LogP contribution in [0.25, 0.3) is 12.5 Å². The molecule has 0 radical (unpaired) electrons. The third-order valence-electron chi connectivity index (χ3n) is 2.58. The van der Waals surface area contributed by atoms with Gasteiger partial charge in [0.2, 0.25) is 0 Å². The topological polar surface area (TPSA) is 32.3 Å². The number of benzene rings is 2. The first-order valence-electron chi connectivity index (χ1n) is 5.52. The molecule has 0 unspecified atom stereocenters. The molecule has 0 saturated carbocycles. The highest BCUT2D eigenvalue weighted by molar-refractivity contribution is 5.34. The molecule has 0 aliphatic heterocycles. The highest BCUT2D eigenvalue weighted by atomic mass is 16.3. The second kappa shape index (κ2) is 5.21. The van der Waals surface area contributed by atoms with Gasteiger partial charge >= 0.3 is 0 Å². The van der Waals surface area contributed by atoms with Crippen molar-refractivity contribution in [3.05, 3.63) is 70.6 Å². The molecule has 0 saturated heterocycles. The number of nitrogens with one attached hydrogen (secondary N) is 1. The van der Waals surface area contributed by atoms with Crippen molar-refractivity contribution in [3.63, 3.8) is 0 Å². The standard InChI is InChI=1S/C15H15NO/c1-12-7-5-6-10-14(12)15(17)16-11-13-8-3-2-4-9-13/h2-10,16-17H,1,11H2/b15-14-. The van der Waals surface area contributed by atoms with Crippen molar-refractivity contribution >= 4 is 12.5 Å². The maximum absolute atomic E-state index is 9.93. The van der Waals surface area contributed by atoms with Crippen LogP contribution in [0.2, 0.25) is 0 Å². The maximum atomic E-state index is 9.93. The number of aliphatic hydroxyl groups is 1. The van der Waals surface area contributed by atoms with Crippen LogP contribution < -0.4 is 15.8 Å².